The maximum Gasteiger partial charge on any atom is 0.336 e. The molecule has 4 nitrogen and oxygen atoms in total. The number of esters is 1. The van der Waals surface area contributed by atoms with Gasteiger partial charge in [-0.1, -0.05) is 42.3 Å². The topological polar surface area (TPSA) is 55.4 Å². The van der Waals surface area contributed by atoms with Gasteiger partial charge in [0.15, 0.2) is 0 Å². The van der Waals surface area contributed by atoms with Crippen LogP contribution in [0.3, 0.4) is 0 Å². The first-order valence-electron chi connectivity index (χ1n) is 7.50. The average molecular weight is 356 g/mol. The van der Waals surface area contributed by atoms with Crippen molar-refractivity contribution in [2.45, 2.75) is 45.6 Å². The summed E-state index contributed by atoms with van der Waals surface area (Å²) >= 11 is 12.4. The van der Waals surface area contributed by atoms with E-state index in [1.807, 2.05) is 13.8 Å². The molecule has 0 fully saturated rings. The van der Waals surface area contributed by atoms with E-state index in [1.165, 1.54) is 0 Å². The predicted octanol–water partition coefficient (Wildman–Crippen LogP) is 4.21. The average Bonchev–Trinajstić information content (AvgIpc) is 2.48. The van der Waals surface area contributed by atoms with Crippen LogP contribution in [0.4, 0.5) is 0 Å². The van der Waals surface area contributed by atoms with E-state index in [2.05, 4.69) is 5.32 Å². The molecule has 1 heterocycles. The van der Waals surface area contributed by atoms with E-state index in [9.17, 15) is 9.59 Å². The Bertz CT molecular complexity index is 670. The lowest BCUT2D eigenvalue weighted by atomic mass is 9.84. The number of carbonyl (C=O) groups is 2. The fourth-order valence-corrected chi connectivity index (χ4v) is 3.00. The summed E-state index contributed by atoms with van der Waals surface area (Å²) < 4.78 is 5.44. The summed E-state index contributed by atoms with van der Waals surface area (Å²) in [7, 11) is 0. The van der Waals surface area contributed by atoms with E-state index in [4.69, 9.17) is 27.9 Å². The first-order valence-corrected chi connectivity index (χ1v) is 8.26. The number of hydrogen-bond donors (Lipinski definition) is 1. The maximum absolute atomic E-state index is 12.6. The van der Waals surface area contributed by atoms with E-state index in [0.717, 1.165) is 0 Å². The number of hydrogen-bond acceptors (Lipinski definition) is 3. The van der Waals surface area contributed by atoms with Gasteiger partial charge in [-0.3, -0.25) is 4.79 Å². The van der Waals surface area contributed by atoms with Crippen LogP contribution in [0.2, 0.25) is 10.0 Å². The van der Waals surface area contributed by atoms with Crippen LogP contribution in [0.15, 0.2) is 29.5 Å². The lowest BCUT2D eigenvalue weighted by Crippen LogP contribution is -2.35. The molecule has 1 aromatic rings. The van der Waals surface area contributed by atoms with Crippen molar-refractivity contribution in [2.24, 2.45) is 0 Å². The molecule has 1 amide bonds. The fraction of sp³-hybridized carbons (Fsp3) is 0.412. The second-order valence-electron chi connectivity index (χ2n) is 5.61. The maximum atomic E-state index is 12.6. The van der Waals surface area contributed by atoms with E-state index in [-0.39, 0.29) is 18.4 Å². The molecular formula is C17H19Cl2NO3. The SMILES string of the molecule is CC[C@H](C)OC(=O)C1=C(C)NC(=O)C[C@@H]1c1cccc(Cl)c1Cl. The van der Waals surface area contributed by atoms with Crippen molar-refractivity contribution >= 4 is 35.1 Å². The van der Waals surface area contributed by atoms with Gasteiger partial charge in [0, 0.05) is 18.0 Å². The quantitative estimate of drug-likeness (QED) is 0.822. The second kappa shape index (κ2) is 7.37. The van der Waals surface area contributed by atoms with Gasteiger partial charge in [-0.2, -0.15) is 0 Å². The third-order valence-electron chi connectivity index (χ3n) is 3.93. The van der Waals surface area contributed by atoms with Crippen LogP contribution in [0.25, 0.3) is 0 Å². The monoisotopic (exact) mass is 355 g/mol. The first kappa shape index (κ1) is 17.8. The molecule has 0 aromatic heterocycles. The summed E-state index contributed by atoms with van der Waals surface area (Å²) in [6.45, 7) is 5.46. The largest absolute Gasteiger partial charge is 0.459 e. The Morgan fingerprint density at radius 3 is 2.78 bits per heavy atom. The summed E-state index contributed by atoms with van der Waals surface area (Å²) in [5, 5.41) is 3.45. The minimum atomic E-state index is -0.466. The van der Waals surface area contributed by atoms with E-state index < -0.39 is 11.9 Å². The highest BCUT2D eigenvalue weighted by Gasteiger charge is 2.34. The Labute approximate surface area is 145 Å². The molecule has 0 saturated carbocycles. The van der Waals surface area contributed by atoms with Crippen molar-refractivity contribution < 1.29 is 14.3 Å². The highest BCUT2D eigenvalue weighted by atomic mass is 35.5. The van der Waals surface area contributed by atoms with E-state index in [1.54, 1.807) is 25.1 Å². The predicted molar refractivity (Wildman–Crippen MR) is 90.5 cm³/mol. The molecule has 0 bridgehead atoms. The van der Waals surface area contributed by atoms with Crippen molar-refractivity contribution in [3.8, 4) is 0 Å². The summed E-state index contributed by atoms with van der Waals surface area (Å²) in [4.78, 5) is 24.5. The molecule has 0 unspecified atom stereocenters. The number of rotatable bonds is 4. The Balaban J connectivity index is 2.46. The third-order valence-corrected chi connectivity index (χ3v) is 4.76. The molecule has 2 atom stereocenters. The van der Waals surface area contributed by atoms with Gasteiger partial charge in [0.05, 0.1) is 21.7 Å². The molecule has 1 aliphatic rings. The molecule has 0 aliphatic carbocycles. The highest BCUT2D eigenvalue weighted by Crippen LogP contribution is 2.39. The van der Waals surface area contributed by atoms with Crippen molar-refractivity contribution in [3.05, 3.63) is 45.1 Å². The van der Waals surface area contributed by atoms with E-state index in [0.29, 0.717) is 33.3 Å². The molecule has 1 aromatic carbocycles. The second-order valence-corrected chi connectivity index (χ2v) is 6.40. The van der Waals surface area contributed by atoms with Crippen molar-refractivity contribution in [2.75, 3.05) is 0 Å². The lowest BCUT2D eigenvalue weighted by Gasteiger charge is -2.28. The van der Waals surface area contributed by atoms with Crippen LogP contribution >= 0.6 is 23.2 Å². The Kier molecular flexibility index (Phi) is 5.71. The number of ether oxygens (including phenoxy) is 1. The number of halogens is 2. The highest BCUT2D eigenvalue weighted by molar-refractivity contribution is 6.42. The number of allylic oxidation sites excluding steroid dienone is 1. The number of amides is 1. The normalized spacial score (nSPS) is 19.3. The van der Waals surface area contributed by atoms with Gasteiger partial charge in [0.2, 0.25) is 5.91 Å². The Morgan fingerprint density at radius 1 is 1.43 bits per heavy atom. The first-order chi connectivity index (χ1) is 10.8. The van der Waals surface area contributed by atoms with Crippen LogP contribution in [0.5, 0.6) is 0 Å². The van der Waals surface area contributed by atoms with Gasteiger partial charge in [-0.05, 0) is 31.9 Å². The molecule has 124 valence electrons. The molecule has 0 spiro atoms. The summed E-state index contributed by atoms with van der Waals surface area (Å²) in [6, 6.07) is 5.20. The zero-order valence-electron chi connectivity index (χ0n) is 13.3. The van der Waals surface area contributed by atoms with Crippen LogP contribution < -0.4 is 5.32 Å². The molecule has 0 saturated heterocycles. The zero-order chi connectivity index (χ0) is 17.1. The van der Waals surface area contributed by atoms with Gasteiger partial charge in [0.25, 0.3) is 0 Å². The smallest absolute Gasteiger partial charge is 0.336 e. The van der Waals surface area contributed by atoms with Crippen LogP contribution in [-0.4, -0.2) is 18.0 Å². The zero-order valence-corrected chi connectivity index (χ0v) is 14.8. The number of benzene rings is 1. The van der Waals surface area contributed by atoms with Crippen LogP contribution in [0, 0.1) is 0 Å². The number of nitrogens with one attached hydrogen (secondary N) is 1. The molecule has 23 heavy (non-hydrogen) atoms. The van der Waals surface area contributed by atoms with Crippen molar-refractivity contribution in [1.82, 2.24) is 5.32 Å². The summed E-state index contributed by atoms with van der Waals surface area (Å²) in [6.07, 6.45) is 0.644. The fourth-order valence-electron chi connectivity index (χ4n) is 2.56. The minimum absolute atomic E-state index is 0.127. The molecule has 6 heteroatoms. The molecule has 1 N–H and O–H groups in total. The van der Waals surface area contributed by atoms with Crippen LogP contribution in [-0.2, 0) is 14.3 Å². The van der Waals surface area contributed by atoms with Crippen molar-refractivity contribution in [3.63, 3.8) is 0 Å². The van der Waals surface area contributed by atoms with E-state index >= 15 is 0 Å². The minimum Gasteiger partial charge on any atom is -0.459 e. The molecule has 0 radical (unpaired) electrons. The molecule has 2 rings (SSSR count). The lowest BCUT2D eigenvalue weighted by molar-refractivity contribution is -0.144. The number of carbonyl (C=O) groups excluding carboxylic acids is 2. The Morgan fingerprint density at radius 2 is 2.13 bits per heavy atom. The van der Waals surface area contributed by atoms with Gasteiger partial charge >= 0.3 is 5.97 Å². The van der Waals surface area contributed by atoms with Crippen molar-refractivity contribution in [1.29, 1.82) is 0 Å². The Hall–Kier alpha value is -1.52. The summed E-state index contributed by atoms with van der Waals surface area (Å²) in [5.41, 5.74) is 1.58. The third kappa shape index (κ3) is 3.88. The molecular weight excluding hydrogens is 337 g/mol. The van der Waals surface area contributed by atoms with Gasteiger partial charge in [0.1, 0.15) is 0 Å². The van der Waals surface area contributed by atoms with Gasteiger partial charge < -0.3 is 10.1 Å². The summed E-state index contributed by atoms with van der Waals surface area (Å²) in [5.74, 6) is -1.06. The standard InChI is InChI=1S/C17H19Cl2NO3/c1-4-9(2)23-17(22)15-10(3)20-14(21)8-12(15)11-6-5-7-13(18)16(11)19/h5-7,9,12H,4,8H2,1-3H3,(H,20,21)/t9-,12+/m0/s1. The van der Waals surface area contributed by atoms with Gasteiger partial charge in [-0.25, -0.2) is 4.79 Å². The van der Waals surface area contributed by atoms with Crippen LogP contribution in [0.1, 0.15) is 45.1 Å². The molecule has 1 aliphatic heterocycles. The van der Waals surface area contributed by atoms with Gasteiger partial charge in [-0.15, -0.1) is 0 Å².